The summed E-state index contributed by atoms with van der Waals surface area (Å²) in [6, 6.07) is 0. The second-order valence-electron chi connectivity index (χ2n) is 5.77. The van der Waals surface area contributed by atoms with Gasteiger partial charge in [-0.1, -0.05) is 12.8 Å². The van der Waals surface area contributed by atoms with Crippen molar-refractivity contribution in [3.8, 4) is 0 Å². The van der Waals surface area contributed by atoms with Crippen LogP contribution in [0.15, 0.2) is 0 Å². The molecule has 0 bridgehead atoms. The van der Waals surface area contributed by atoms with Crippen molar-refractivity contribution < 1.29 is 5.11 Å². The Labute approximate surface area is 111 Å². The van der Waals surface area contributed by atoms with Crippen LogP contribution in [0.5, 0.6) is 0 Å². The fourth-order valence-electron chi connectivity index (χ4n) is 3.06. The van der Waals surface area contributed by atoms with E-state index in [1.54, 1.807) is 0 Å². The molecule has 106 valence electrons. The zero-order chi connectivity index (χ0) is 12.6. The number of hydrogen-bond donors (Lipinski definition) is 2. The van der Waals surface area contributed by atoms with E-state index in [2.05, 4.69) is 15.1 Å². The van der Waals surface area contributed by atoms with E-state index in [1.807, 2.05) is 0 Å². The lowest BCUT2D eigenvalue weighted by atomic mass is 10.2. The normalized spacial score (nSPS) is 26.5. The molecule has 2 N–H and O–H groups in total. The molecule has 2 heterocycles. The fraction of sp³-hybridized carbons (Fsp3) is 1.00. The molecule has 0 amide bonds. The first-order chi connectivity index (χ1) is 8.84. The van der Waals surface area contributed by atoms with Gasteiger partial charge in [0.1, 0.15) is 0 Å². The molecule has 0 saturated carbocycles. The van der Waals surface area contributed by atoms with Gasteiger partial charge in [-0.05, 0) is 45.4 Å². The number of likely N-dealkylation sites (tertiary alicyclic amines) is 1. The molecule has 2 saturated heterocycles. The third-order valence-corrected chi connectivity index (χ3v) is 4.07. The summed E-state index contributed by atoms with van der Waals surface area (Å²) in [4.78, 5) is 4.86. The van der Waals surface area contributed by atoms with Crippen molar-refractivity contribution in [3.05, 3.63) is 0 Å². The Morgan fingerprint density at radius 3 is 2.11 bits per heavy atom. The van der Waals surface area contributed by atoms with Crippen LogP contribution in [0.4, 0.5) is 0 Å². The summed E-state index contributed by atoms with van der Waals surface area (Å²) < 4.78 is 0. The molecule has 1 atom stereocenters. The van der Waals surface area contributed by atoms with E-state index in [4.69, 9.17) is 0 Å². The smallest absolute Gasteiger partial charge is 0.0793 e. The molecule has 4 nitrogen and oxygen atoms in total. The highest BCUT2D eigenvalue weighted by molar-refractivity contribution is 4.73. The van der Waals surface area contributed by atoms with E-state index in [1.165, 1.54) is 45.2 Å². The number of rotatable bonds is 4. The van der Waals surface area contributed by atoms with Crippen LogP contribution in [0.25, 0.3) is 0 Å². The van der Waals surface area contributed by atoms with Gasteiger partial charge in [0.25, 0.3) is 0 Å². The lowest BCUT2D eigenvalue weighted by molar-refractivity contribution is 0.0770. The molecule has 2 rings (SSSR count). The van der Waals surface area contributed by atoms with Gasteiger partial charge in [-0.15, -0.1) is 0 Å². The third kappa shape index (κ3) is 5.22. The van der Waals surface area contributed by atoms with Crippen LogP contribution in [-0.2, 0) is 0 Å². The molecule has 0 spiro atoms. The Balaban J connectivity index is 1.67. The Kier molecular flexibility index (Phi) is 6.41. The summed E-state index contributed by atoms with van der Waals surface area (Å²) in [5.74, 6) is 0. The molecule has 2 aliphatic rings. The highest BCUT2D eigenvalue weighted by Crippen LogP contribution is 2.10. The van der Waals surface area contributed by atoms with Crippen LogP contribution in [0, 0.1) is 0 Å². The van der Waals surface area contributed by atoms with Crippen LogP contribution in [0.2, 0.25) is 0 Å². The van der Waals surface area contributed by atoms with E-state index in [-0.39, 0.29) is 6.10 Å². The molecule has 4 heteroatoms. The quantitative estimate of drug-likeness (QED) is 0.768. The maximum absolute atomic E-state index is 10.2. The molecule has 0 radical (unpaired) electrons. The van der Waals surface area contributed by atoms with Crippen molar-refractivity contribution in [1.29, 1.82) is 0 Å². The van der Waals surface area contributed by atoms with Crippen LogP contribution in [0.3, 0.4) is 0 Å². The van der Waals surface area contributed by atoms with Crippen molar-refractivity contribution in [2.24, 2.45) is 0 Å². The summed E-state index contributed by atoms with van der Waals surface area (Å²) >= 11 is 0. The van der Waals surface area contributed by atoms with Gasteiger partial charge < -0.3 is 15.3 Å². The van der Waals surface area contributed by atoms with Gasteiger partial charge in [0.15, 0.2) is 0 Å². The van der Waals surface area contributed by atoms with E-state index >= 15 is 0 Å². The fourth-order valence-corrected chi connectivity index (χ4v) is 3.06. The lowest BCUT2D eigenvalue weighted by Gasteiger charge is -2.27. The van der Waals surface area contributed by atoms with Crippen molar-refractivity contribution in [2.75, 3.05) is 52.4 Å². The second kappa shape index (κ2) is 8.10. The summed E-state index contributed by atoms with van der Waals surface area (Å²) in [5, 5.41) is 13.6. The predicted octanol–water partition coefficient (Wildman–Crippen LogP) is 0.519. The summed E-state index contributed by atoms with van der Waals surface area (Å²) in [6.45, 7) is 8.47. The number of aliphatic hydroxyl groups is 1. The molecule has 0 unspecified atom stereocenters. The molecule has 18 heavy (non-hydrogen) atoms. The average Bonchev–Trinajstić information content (AvgIpc) is 2.74. The zero-order valence-electron chi connectivity index (χ0n) is 11.6. The minimum atomic E-state index is -0.179. The third-order valence-electron chi connectivity index (χ3n) is 4.07. The van der Waals surface area contributed by atoms with E-state index < -0.39 is 0 Å². The number of nitrogens with one attached hydrogen (secondary N) is 1. The van der Waals surface area contributed by atoms with E-state index in [0.29, 0.717) is 0 Å². The number of aliphatic hydroxyl groups excluding tert-OH is 1. The highest BCUT2D eigenvalue weighted by Gasteiger charge is 2.17. The molecule has 0 aromatic heterocycles. The topological polar surface area (TPSA) is 38.7 Å². The standard InChI is InChI=1S/C14H29N3O/c18-14(12-16-8-3-1-2-4-9-16)13-17-10-5-6-15-7-11-17/h14-15,18H,1-13H2/t14-/m0/s1. The summed E-state index contributed by atoms with van der Waals surface area (Å²) in [5.41, 5.74) is 0. The Morgan fingerprint density at radius 2 is 1.39 bits per heavy atom. The molecule has 2 aliphatic heterocycles. The van der Waals surface area contributed by atoms with Crippen LogP contribution in [-0.4, -0.2) is 73.4 Å². The number of nitrogens with zero attached hydrogens (tertiary/aromatic N) is 2. The largest absolute Gasteiger partial charge is 0.390 e. The monoisotopic (exact) mass is 255 g/mol. The Morgan fingerprint density at radius 1 is 0.778 bits per heavy atom. The minimum absolute atomic E-state index is 0.179. The predicted molar refractivity (Wildman–Crippen MR) is 74.8 cm³/mol. The summed E-state index contributed by atoms with van der Waals surface area (Å²) in [6.07, 6.45) is 6.37. The van der Waals surface area contributed by atoms with Gasteiger partial charge >= 0.3 is 0 Å². The number of β-amino-alcohol motifs (C(OH)–C–C–N with tert-alkyl or cyclic N) is 1. The van der Waals surface area contributed by atoms with Gasteiger partial charge in [0.05, 0.1) is 6.10 Å². The highest BCUT2D eigenvalue weighted by atomic mass is 16.3. The van der Waals surface area contributed by atoms with Crippen molar-refractivity contribution in [3.63, 3.8) is 0 Å². The average molecular weight is 255 g/mol. The minimum Gasteiger partial charge on any atom is -0.390 e. The molecule has 0 aromatic rings. The van der Waals surface area contributed by atoms with Gasteiger partial charge in [-0.2, -0.15) is 0 Å². The lowest BCUT2D eigenvalue weighted by Crippen LogP contribution is -2.41. The second-order valence-corrected chi connectivity index (χ2v) is 5.77. The van der Waals surface area contributed by atoms with Crippen LogP contribution >= 0.6 is 0 Å². The van der Waals surface area contributed by atoms with E-state index in [9.17, 15) is 5.11 Å². The first-order valence-electron chi connectivity index (χ1n) is 7.68. The summed E-state index contributed by atoms with van der Waals surface area (Å²) in [7, 11) is 0. The van der Waals surface area contributed by atoms with E-state index in [0.717, 1.165) is 39.3 Å². The number of hydrogen-bond acceptors (Lipinski definition) is 4. The molecule has 0 aliphatic carbocycles. The zero-order valence-corrected chi connectivity index (χ0v) is 11.6. The molecular weight excluding hydrogens is 226 g/mol. The van der Waals surface area contributed by atoms with Crippen molar-refractivity contribution >= 4 is 0 Å². The Hall–Kier alpha value is -0.160. The van der Waals surface area contributed by atoms with Crippen LogP contribution < -0.4 is 5.32 Å². The van der Waals surface area contributed by atoms with Gasteiger partial charge in [-0.25, -0.2) is 0 Å². The van der Waals surface area contributed by atoms with Crippen molar-refractivity contribution in [2.45, 2.75) is 38.2 Å². The van der Waals surface area contributed by atoms with Crippen molar-refractivity contribution in [1.82, 2.24) is 15.1 Å². The first-order valence-corrected chi connectivity index (χ1v) is 7.68. The maximum atomic E-state index is 10.2. The van der Waals surface area contributed by atoms with Gasteiger partial charge in [-0.3, -0.25) is 4.90 Å². The molecule has 2 fully saturated rings. The van der Waals surface area contributed by atoms with Gasteiger partial charge in [0.2, 0.25) is 0 Å². The van der Waals surface area contributed by atoms with Crippen LogP contribution in [0.1, 0.15) is 32.1 Å². The SMILES string of the molecule is O[C@@H](CN1CCCCCC1)CN1CCCNCC1. The molecular formula is C14H29N3O. The first kappa shape index (κ1) is 14.3. The molecule has 0 aromatic carbocycles. The Bertz CT molecular complexity index is 187. The van der Waals surface area contributed by atoms with Gasteiger partial charge in [0, 0.05) is 26.2 Å². The maximum Gasteiger partial charge on any atom is 0.0793 e.